The molecule has 1 atom stereocenters. The van der Waals surface area contributed by atoms with E-state index in [9.17, 15) is 13.2 Å². The minimum Gasteiger partial charge on any atom is -0.341 e. The number of rotatable bonds is 6. The van der Waals surface area contributed by atoms with E-state index in [1.807, 2.05) is 61.5 Å². The maximum absolute atomic E-state index is 13.4. The summed E-state index contributed by atoms with van der Waals surface area (Å²) in [6.07, 6.45) is 3.74. The molecule has 1 amide bonds. The summed E-state index contributed by atoms with van der Waals surface area (Å²) in [5, 5.41) is 3.30. The number of carbonyl (C=O) groups is 1. The van der Waals surface area contributed by atoms with Gasteiger partial charge in [0.1, 0.15) is 0 Å². The second kappa shape index (κ2) is 10.7. The van der Waals surface area contributed by atoms with Crippen LogP contribution in [0, 0.1) is 6.92 Å². The van der Waals surface area contributed by atoms with Crippen molar-refractivity contribution in [1.29, 1.82) is 0 Å². The van der Waals surface area contributed by atoms with Gasteiger partial charge in [0.25, 0.3) is 5.91 Å². The average molecular weight is 497 g/mol. The number of carbonyl (C=O) groups excluding carboxylic acids is 1. The molecule has 0 aromatic heterocycles. The van der Waals surface area contributed by atoms with E-state index in [4.69, 9.17) is 11.6 Å². The Hall–Kier alpha value is -2.67. The monoisotopic (exact) mass is 496 g/mol. The van der Waals surface area contributed by atoms with Gasteiger partial charge in [-0.3, -0.25) is 4.79 Å². The van der Waals surface area contributed by atoms with Gasteiger partial charge in [-0.15, -0.1) is 0 Å². The molecule has 1 N–H and O–H groups in total. The summed E-state index contributed by atoms with van der Waals surface area (Å²) in [7, 11) is -3.70. The summed E-state index contributed by atoms with van der Waals surface area (Å²) in [5.74, 6) is -0.421. The molecule has 0 unspecified atom stereocenters. The third-order valence-corrected chi connectivity index (χ3v) is 8.52. The van der Waals surface area contributed by atoms with Crippen LogP contribution in [0.25, 0.3) is 0 Å². The summed E-state index contributed by atoms with van der Waals surface area (Å²) in [4.78, 5) is 13.5. The number of aryl methyl sites for hydroxylation is 1. The highest BCUT2D eigenvalue weighted by atomic mass is 35.5. The average Bonchev–Trinajstić information content (AvgIpc) is 3.14. The molecule has 5 nitrogen and oxygen atoms in total. The van der Waals surface area contributed by atoms with E-state index in [-0.39, 0.29) is 15.5 Å². The molecule has 1 aliphatic heterocycles. The van der Waals surface area contributed by atoms with Crippen molar-refractivity contribution in [2.24, 2.45) is 0 Å². The van der Waals surface area contributed by atoms with Crippen LogP contribution in [0.4, 0.5) is 0 Å². The van der Waals surface area contributed by atoms with Gasteiger partial charge in [0.05, 0.1) is 21.5 Å². The van der Waals surface area contributed by atoms with Crippen LogP contribution >= 0.6 is 11.6 Å². The normalized spacial score (nSPS) is 15.9. The molecule has 0 bridgehead atoms. The van der Waals surface area contributed by atoms with Crippen molar-refractivity contribution in [3.8, 4) is 0 Å². The fourth-order valence-corrected chi connectivity index (χ4v) is 6.12. The number of nitrogens with zero attached hydrogens (tertiary/aromatic N) is 1. The Morgan fingerprint density at radius 3 is 2.24 bits per heavy atom. The lowest BCUT2D eigenvalue weighted by Gasteiger charge is -2.23. The van der Waals surface area contributed by atoms with Gasteiger partial charge in [0.2, 0.25) is 10.0 Å². The van der Waals surface area contributed by atoms with Crippen molar-refractivity contribution in [2.45, 2.75) is 43.5 Å². The minimum atomic E-state index is -3.70. The van der Waals surface area contributed by atoms with E-state index in [1.54, 1.807) is 0 Å². The highest BCUT2D eigenvalue weighted by Crippen LogP contribution is 2.28. The standard InChI is InChI=1S/C27H29ClN2O3S/c1-20-11-7-8-14-23(20)26(21-12-5-4-6-13-21)29-27(31)24-19-22(15-16-25(24)28)34(32,33)30-17-9-2-3-10-18-30/h4-8,11-16,19,26H,2-3,9-10,17-18H2,1H3,(H,29,31)/t26-/m0/s1. The van der Waals surface area contributed by atoms with Crippen LogP contribution in [0.3, 0.4) is 0 Å². The molecule has 1 saturated heterocycles. The molecule has 0 aliphatic carbocycles. The molecule has 34 heavy (non-hydrogen) atoms. The van der Waals surface area contributed by atoms with Gasteiger partial charge in [-0.1, -0.05) is 79.0 Å². The van der Waals surface area contributed by atoms with Crippen molar-refractivity contribution in [2.75, 3.05) is 13.1 Å². The first kappa shape index (κ1) is 24.5. The zero-order valence-electron chi connectivity index (χ0n) is 19.2. The molecular weight excluding hydrogens is 468 g/mol. The number of hydrogen-bond donors (Lipinski definition) is 1. The molecule has 0 saturated carbocycles. The number of sulfonamides is 1. The second-order valence-corrected chi connectivity index (χ2v) is 11.0. The molecule has 1 aliphatic rings. The lowest BCUT2D eigenvalue weighted by Crippen LogP contribution is -2.33. The lowest BCUT2D eigenvalue weighted by molar-refractivity contribution is 0.0943. The Morgan fingerprint density at radius 2 is 1.56 bits per heavy atom. The van der Waals surface area contributed by atoms with Crippen LogP contribution in [0.1, 0.15) is 58.8 Å². The first-order chi connectivity index (χ1) is 16.4. The van der Waals surface area contributed by atoms with E-state index < -0.39 is 22.0 Å². The zero-order valence-corrected chi connectivity index (χ0v) is 20.8. The first-order valence-corrected chi connectivity index (χ1v) is 13.4. The minimum absolute atomic E-state index is 0.0936. The smallest absolute Gasteiger partial charge is 0.253 e. The molecule has 3 aromatic rings. The van der Waals surface area contributed by atoms with Gasteiger partial charge >= 0.3 is 0 Å². The fraction of sp³-hybridized carbons (Fsp3) is 0.296. The highest BCUT2D eigenvalue weighted by molar-refractivity contribution is 7.89. The number of amides is 1. The van der Waals surface area contributed by atoms with Gasteiger partial charge in [-0.05, 0) is 54.7 Å². The number of hydrogen-bond acceptors (Lipinski definition) is 3. The number of benzene rings is 3. The van der Waals surface area contributed by atoms with Crippen LogP contribution in [-0.2, 0) is 10.0 Å². The summed E-state index contributed by atoms with van der Waals surface area (Å²) in [6.45, 7) is 2.99. The Kier molecular flexibility index (Phi) is 7.71. The van der Waals surface area contributed by atoms with Crippen LogP contribution in [0.15, 0.2) is 77.7 Å². The van der Waals surface area contributed by atoms with Gasteiger partial charge in [-0.2, -0.15) is 4.31 Å². The Labute approximate surface area is 206 Å². The summed E-state index contributed by atoms with van der Waals surface area (Å²) >= 11 is 6.39. The molecule has 1 fully saturated rings. The summed E-state index contributed by atoms with van der Waals surface area (Å²) in [5.41, 5.74) is 3.08. The Morgan fingerprint density at radius 1 is 0.912 bits per heavy atom. The largest absolute Gasteiger partial charge is 0.341 e. The second-order valence-electron chi connectivity index (χ2n) is 8.63. The van der Waals surface area contributed by atoms with Crippen molar-refractivity contribution < 1.29 is 13.2 Å². The predicted molar refractivity (Wildman–Crippen MR) is 136 cm³/mol. The van der Waals surface area contributed by atoms with Gasteiger partial charge in [-0.25, -0.2) is 8.42 Å². The maximum atomic E-state index is 13.4. The Balaban J connectivity index is 1.67. The van der Waals surface area contributed by atoms with Crippen molar-refractivity contribution in [1.82, 2.24) is 9.62 Å². The first-order valence-electron chi connectivity index (χ1n) is 11.6. The van der Waals surface area contributed by atoms with Gasteiger partial charge in [0.15, 0.2) is 0 Å². The van der Waals surface area contributed by atoms with Gasteiger partial charge < -0.3 is 5.32 Å². The number of nitrogens with one attached hydrogen (secondary N) is 1. The van der Waals surface area contributed by atoms with E-state index >= 15 is 0 Å². The van der Waals surface area contributed by atoms with E-state index in [2.05, 4.69) is 5.32 Å². The lowest BCUT2D eigenvalue weighted by atomic mass is 9.94. The third kappa shape index (κ3) is 5.35. The third-order valence-electron chi connectivity index (χ3n) is 6.29. The SMILES string of the molecule is Cc1ccccc1[C@@H](NC(=O)c1cc(S(=O)(=O)N2CCCCCC2)ccc1Cl)c1ccccc1. The zero-order chi connectivity index (χ0) is 24.1. The van der Waals surface area contributed by atoms with Crippen LogP contribution in [-0.4, -0.2) is 31.7 Å². The van der Waals surface area contributed by atoms with E-state index in [0.717, 1.165) is 42.4 Å². The maximum Gasteiger partial charge on any atom is 0.253 e. The molecule has 7 heteroatoms. The summed E-state index contributed by atoms with van der Waals surface area (Å²) < 4.78 is 28.1. The van der Waals surface area contributed by atoms with Gasteiger partial charge in [0, 0.05) is 13.1 Å². The topological polar surface area (TPSA) is 66.5 Å². The van der Waals surface area contributed by atoms with Crippen molar-refractivity contribution in [3.63, 3.8) is 0 Å². The molecule has 0 radical (unpaired) electrons. The number of halogens is 1. The molecule has 4 rings (SSSR count). The molecule has 178 valence electrons. The predicted octanol–water partition coefficient (Wildman–Crippen LogP) is 5.73. The van der Waals surface area contributed by atoms with E-state index in [1.165, 1.54) is 22.5 Å². The highest BCUT2D eigenvalue weighted by Gasteiger charge is 2.27. The fourth-order valence-electron chi connectivity index (χ4n) is 4.38. The van der Waals surface area contributed by atoms with E-state index in [0.29, 0.717) is 13.1 Å². The Bertz CT molecular complexity index is 1250. The van der Waals surface area contributed by atoms with Crippen LogP contribution in [0.5, 0.6) is 0 Å². The molecule has 0 spiro atoms. The van der Waals surface area contributed by atoms with Crippen LogP contribution < -0.4 is 5.32 Å². The molecule has 3 aromatic carbocycles. The van der Waals surface area contributed by atoms with Crippen molar-refractivity contribution >= 4 is 27.5 Å². The quantitative estimate of drug-likeness (QED) is 0.473. The summed E-state index contributed by atoms with van der Waals surface area (Å²) in [6, 6.07) is 21.5. The van der Waals surface area contributed by atoms with Crippen LogP contribution in [0.2, 0.25) is 5.02 Å². The molecule has 1 heterocycles. The van der Waals surface area contributed by atoms with Crippen molar-refractivity contribution in [3.05, 3.63) is 100 Å². The molecular formula is C27H29ClN2O3S.